The Balaban J connectivity index is 2.55. The molecule has 1 aromatic rings. The fourth-order valence-corrected chi connectivity index (χ4v) is 0.973. The van der Waals surface area contributed by atoms with Gasteiger partial charge in [0.05, 0.1) is 18.7 Å². The molecule has 0 fully saturated rings. The average Bonchev–Trinajstić information content (AvgIpc) is 2.29. The first-order valence-corrected chi connectivity index (χ1v) is 4.41. The lowest BCUT2D eigenvalue weighted by molar-refractivity contribution is 0.0388. The third kappa shape index (κ3) is 3.41. The summed E-state index contributed by atoms with van der Waals surface area (Å²) in [7, 11) is 1.54. The van der Waals surface area contributed by atoms with Crippen LogP contribution in [0.5, 0.6) is 0 Å². The highest BCUT2D eigenvalue weighted by Gasteiger charge is 2.05. The van der Waals surface area contributed by atoms with Crippen LogP contribution in [-0.2, 0) is 9.47 Å². The lowest BCUT2D eigenvalue weighted by atomic mass is 10.2. The zero-order valence-corrected chi connectivity index (χ0v) is 8.40. The molecule has 0 unspecified atom stereocenters. The number of hydrogen-bond donors (Lipinski definition) is 0. The Morgan fingerprint density at radius 1 is 1.33 bits per heavy atom. The molecule has 0 heterocycles. The van der Waals surface area contributed by atoms with E-state index in [4.69, 9.17) is 16.0 Å². The first-order valence-electron chi connectivity index (χ1n) is 4.41. The van der Waals surface area contributed by atoms with E-state index in [1.807, 2.05) is 0 Å². The largest absolute Gasteiger partial charge is 0.460 e. The van der Waals surface area contributed by atoms with Gasteiger partial charge in [0.1, 0.15) is 6.61 Å². The summed E-state index contributed by atoms with van der Waals surface area (Å²) in [5.74, 6) is -0.399. The van der Waals surface area contributed by atoms with Gasteiger partial charge in [0.25, 0.3) is 0 Å². The summed E-state index contributed by atoms with van der Waals surface area (Å²) in [5.41, 5.74) is 0.946. The topological polar surface area (TPSA) is 39.9 Å². The van der Waals surface area contributed by atoms with Crippen LogP contribution in [0.1, 0.15) is 10.4 Å². The van der Waals surface area contributed by atoms with Crippen LogP contribution >= 0.6 is 0 Å². The van der Waals surface area contributed by atoms with Crippen molar-refractivity contribution in [2.45, 2.75) is 0 Å². The molecule has 0 radical (unpaired) electrons. The standard InChI is InChI=1S/C11H11NO3/c1-12-10-5-3-9(4-6-10)11(13)15-8-7-14-2/h3-6H,7-8H2,2H3. The molecule has 15 heavy (non-hydrogen) atoms. The van der Waals surface area contributed by atoms with Gasteiger partial charge in [-0.1, -0.05) is 24.3 Å². The third-order valence-corrected chi connectivity index (χ3v) is 1.75. The molecule has 0 aromatic heterocycles. The maximum Gasteiger partial charge on any atom is 0.338 e. The molecule has 0 bridgehead atoms. The van der Waals surface area contributed by atoms with Crippen LogP contribution < -0.4 is 0 Å². The van der Waals surface area contributed by atoms with E-state index >= 15 is 0 Å². The van der Waals surface area contributed by atoms with E-state index < -0.39 is 5.97 Å². The van der Waals surface area contributed by atoms with Gasteiger partial charge in [0.2, 0.25) is 0 Å². The van der Waals surface area contributed by atoms with Gasteiger partial charge in [0.15, 0.2) is 5.69 Å². The summed E-state index contributed by atoms with van der Waals surface area (Å²) < 4.78 is 9.65. The van der Waals surface area contributed by atoms with Gasteiger partial charge in [-0.2, -0.15) is 0 Å². The number of nitrogens with zero attached hydrogens (tertiary/aromatic N) is 1. The predicted molar refractivity (Wildman–Crippen MR) is 54.9 cm³/mol. The van der Waals surface area contributed by atoms with E-state index in [0.717, 1.165) is 0 Å². The normalized spacial score (nSPS) is 9.33. The van der Waals surface area contributed by atoms with Crippen LogP contribution in [0.4, 0.5) is 5.69 Å². The molecule has 0 aliphatic heterocycles. The minimum absolute atomic E-state index is 0.236. The lowest BCUT2D eigenvalue weighted by Crippen LogP contribution is -2.09. The second kappa shape index (κ2) is 5.78. The van der Waals surface area contributed by atoms with Gasteiger partial charge < -0.3 is 9.47 Å². The zero-order chi connectivity index (χ0) is 11.1. The van der Waals surface area contributed by atoms with E-state index in [1.165, 1.54) is 0 Å². The van der Waals surface area contributed by atoms with Crippen molar-refractivity contribution in [3.63, 3.8) is 0 Å². The van der Waals surface area contributed by atoms with E-state index in [-0.39, 0.29) is 6.61 Å². The highest BCUT2D eigenvalue weighted by molar-refractivity contribution is 5.89. The number of hydrogen-bond acceptors (Lipinski definition) is 3. The Morgan fingerprint density at radius 3 is 2.53 bits per heavy atom. The Kier molecular flexibility index (Phi) is 4.32. The van der Waals surface area contributed by atoms with E-state index in [9.17, 15) is 4.79 Å². The van der Waals surface area contributed by atoms with Crippen molar-refractivity contribution in [1.82, 2.24) is 0 Å². The Hall–Kier alpha value is -1.86. The van der Waals surface area contributed by atoms with Gasteiger partial charge in [-0.25, -0.2) is 9.64 Å². The molecule has 0 atom stereocenters. The maximum atomic E-state index is 11.4. The second-order valence-corrected chi connectivity index (χ2v) is 2.79. The zero-order valence-electron chi connectivity index (χ0n) is 8.40. The quantitative estimate of drug-likeness (QED) is 0.429. The van der Waals surface area contributed by atoms with Crippen LogP contribution in [0, 0.1) is 6.57 Å². The van der Waals surface area contributed by atoms with Crippen molar-refractivity contribution >= 4 is 11.7 Å². The molecule has 4 nitrogen and oxygen atoms in total. The molecule has 0 N–H and O–H groups in total. The molecule has 4 heteroatoms. The van der Waals surface area contributed by atoms with E-state index in [0.29, 0.717) is 17.9 Å². The number of esters is 1. The van der Waals surface area contributed by atoms with Crippen LogP contribution in [0.25, 0.3) is 4.85 Å². The second-order valence-electron chi connectivity index (χ2n) is 2.79. The summed E-state index contributed by atoms with van der Waals surface area (Å²) in [6.07, 6.45) is 0. The van der Waals surface area contributed by atoms with E-state index in [2.05, 4.69) is 4.85 Å². The first kappa shape index (κ1) is 11.2. The summed E-state index contributed by atoms with van der Waals surface area (Å²) in [4.78, 5) is 14.6. The third-order valence-electron chi connectivity index (χ3n) is 1.75. The Bertz CT molecular complexity index is 364. The number of benzene rings is 1. The number of ether oxygens (including phenoxy) is 2. The van der Waals surface area contributed by atoms with Crippen molar-refractivity contribution in [3.8, 4) is 0 Å². The molecule has 0 amide bonds. The SMILES string of the molecule is [C-]#[N+]c1ccc(C(=O)OCCOC)cc1. The molecule has 1 rings (SSSR count). The predicted octanol–water partition coefficient (Wildman–Crippen LogP) is 2.04. The van der Waals surface area contributed by atoms with E-state index in [1.54, 1.807) is 31.4 Å². The molecule has 0 saturated carbocycles. The van der Waals surface area contributed by atoms with Crippen molar-refractivity contribution < 1.29 is 14.3 Å². The molecule has 0 saturated heterocycles. The minimum Gasteiger partial charge on any atom is -0.460 e. The van der Waals surface area contributed by atoms with Gasteiger partial charge in [-0.05, 0) is 0 Å². The molecular formula is C11H11NO3. The molecule has 0 aliphatic carbocycles. The van der Waals surface area contributed by atoms with Crippen LogP contribution in [0.15, 0.2) is 24.3 Å². The molecular weight excluding hydrogens is 194 g/mol. The fourth-order valence-electron chi connectivity index (χ4n) is 0.973. The van der Waals surface area contributed by atoms with Crippen molar-refractivity contribution in [1.29, 1.82) is 0 Å². The molecule has 0 spiro atoms. The molecule has 78 valence electrons. The molecule has 0 aliphatic rings. The van der Waals surface area contributed by atoms with Crippen molar-refractivity contribution in [2.24, 2.45) is 0 Å². The number of carbonyl (C=O) groups excluding carboxylic acids is 1. The monoisotopic (exact) mass is 205 g/mol. The van der Waals surface area contributed by atoms with Crippen LogP contribution in [0.3, 0.4) is 0 Å². The summed E-state index contributed by atoms with van der Waals surface area (Å²) in [6.45, 7) is 7.37. The summed E-state index contributed by atoms with van der Waals surface area (Å²) >= 11 is 0. The Morgan fingerprint density at radius 2 is 2.00 bits per heavy atom. The minimum atomic E-state index is -0.399. The highest BCUT2D eigenvalue weighted by Crippen LogP contribution is 2.13. The van der Waals surface area contributed by atoms with Crippen LogP contribution in [0.2, 0.25) is 0 Å². The lowest BCUT2D eigenvalue weighted by Gasteiger charge is -2.03. The number of methoxy groups -OCH3 is 1. The highest BCUT2D eigenvalue weighted by atomic mass is 16.6. The Labute approximate surface area is 88.2 Å². The first-order chi connectivity index (χ1) is 7.27. The smallest absolute Gasteiger partial charge is 0.338 e. The number of carbonyl (C=O) groups is 1. The van der Waals surface area contributed by atoms with Gasteiger partial charge >= 0.3 is 5.97 Å². The van der Waals surface area contributed by atoms with Crippen molar-refractivity contribution in [2.75, 3.05) is 20.3 Å². The summed E-state index contributed by atoms with van der Waals surface area (Å²) in [6, 6.07) is 6.31. The van der Waals surface area contributed by atoms with Gasteiger partial charge in [-0.3, -0.25) is 0 Å². The number of rotatable bonds is 4. The molecule has 1 aromatic carbocycles. The maximum absolute atomic E-state index is 11.4. The summed E-state index contributed by atoms with van der Waals surface area (Å²) in [5, 5.41) is 0. The van der Waals surface area contributed by atoms with Crippen LogP contribution in [-0.4, -0.2) is 26.3 Å². The fraction of sp³-hybridized carbons (Fsp3) is 0.273. The van der Waals surface area contributed by atoms with Gasteiger partial charge in [0, 0.05) is 7.11 Å². The average molecular weight is 205 g/mol. The van der Waals surface area contributed by atoms with Crippen molar-refractivity contribution in [3.05, 3.63) is 41.2 Å². The van der Waals surface area contributed by atoms with Gasteiger partial charge in [-0.15, -0.1) is 0 Å².